The lowest BCUT2D eigenvalue weighted by atomic mass is 9.50. The van der Waals surface area contributed by atoms with Gasteiger partial charge in [-0.3, -0.25) is 19.2 Å². The van der Waals surface area contributed by atoms with Crippen LogP contribution < -0.4 is 0 Å². The number of allylic oxidation sites excluding steroid dienone is 7. The van der Waals surface area contributed by atoms with E-state index < -0.39 is 11.2 Å². The Kier molecular flexibility index (Phi) is 15.8. The number of hydrogen-bond acceptors (Lipinski definition) is 7. The first-order valence-corrected chi connectivity index (χ1v) is 34.9. The van der Waals surface area contributed by atoms with Crippen molar-refractivity contribution in [3.8, 4) is 37.0 Å². The zero-order valence-corrected chi connectivity index (χ0v) is 52.3. The van der Waals surface area contributed by atoms with Crippen molar-refractivity contribution in [2.45, 2.75) is 238 Å². The Balaban J connectivity index is 0.000000105. The van der Waals surface area contributed by atoms with Crippen LogP contribution in [0.3, 0.4) is 0 Å². The van der Waals surface area contributed by atoms with Crippen LogP contribution in [-0.2, 0) is 19.2 Å². The first-order valence-electron chi connectivity index (χ1n) is 34.9. The van der Waals surface area contributed by atoms with E-state index in [1.165, 1.54) is 92.9 Å². The zero-order chi connectivity index (χ0) is 59.6. The Bertz CT molecular complexity index is 3000. The number of carbonyl (C=O) groups is 4. The van der Waals surface area contributed by atoms with E-state index in [9.17, 15) is 34.5 Å². The fraction of sp³-hybridized carbons (Fsp3) is 0.744. The van der Waals surface area contributed by atoms with Crippen molar-refractivity contribution < 1.29 is 34.5 Å². The summed E-state index contributed by atoms with van der Waals surface area (Å²) in [5.41, 5.74) is 4.11. The lowest BCUT2D eigenvalue weighted by molar-refractivity contribution is -0.117. The van der Waals surface area contributed by atoms with E-state index in [1.807, 2.05) is 24.3 Å². The normalized spacial score (nSPS) is 49.9. The zero-order valence-electron chi connectivity index (χ0n) is 52.3. The van der Waals surface area contributed by atoms with E-state index in [1.54, 1.807) is 0 Å². The van der Waals surface area contributed by atoms with E-state index in [4.69, 9.17) is 19.3 Å². The maximum absolute atomic E-state index is 11.7. The highest BCUT2D eigenvalue weighted by molar-refractivity contribution is 5.93. The van der Waals surface area contributed by atoms with Gasteiger partial charge in [-0.05, 0) is 302 Å². The van der Waals surface area contributed by atoms with Crippen LogP contribution in [0.2, 0.25) is 0 Å². The van der Waals surface area contributed by atoms with E-state index in [2.05, 4.69) is 57.6 Å². The third-order valence-electron chi connectivity index (χ3n) is 29.7. The summed E-state index contributed by atoms with van der Waals surface area (Å²) in [6, 6.07) is 0. The van der Waals surface area contributed by atoms with Gasteiger partial charge in [0, 0.05) is 42.4 Å². The highest BCUT2D eigenvalue weighted by Gasteiger charge is 2.64. The maximum atomic E-state index is 11.7. The standard InChI is InChI=1S/C20H26O2.C20H24O2.C20H26O.C18H26O2/c2*1-3-20(22)11-9-18-17-6-4-13-12-14(21)5-7-15(13)16(17)8-10-19(18,20)2;1-3-14-5-9-19-18-7-4-13-12-15(21)6-8-16(13)17(18)10-11-20(14,19)2;1-18-9-8-14-13-5-3-12(19)10-11(13)2-4-15(14)16(18)6-7-17(18)20/h1,12,15-18,22H,4-11H2,2H3;1,4,6,12,15-18,22H,5,7-11H2,2H3;1,12,14,16-19H,4-11H2,2H3;10,13-17,20H,2-9H2,1H3/t2*15-,16-,17+,18+,19-,20+;14?,16-,17-,18+,19+,20+;13-,14-,15+,16+,17+,18-/m0000/s1. The molecular formula is C78H102O7. The summed E-state index contributed by atoms with van der Waals surface area (Å²) in [5, 5.41) is 32.2. The van der Waals surface area contributed by atoms with Crippen molar-refractivity contribution in [1.29, 1.82) is 0 Å². The molecule has 16 aliphatic carbocycles. The lowest BCUT2D eigenvalue weighted by Crippen LogP contribution is -2.52. The molecule has 11 fully saturated rings. The molecule has 7 heteroatoms. The summed E-state index contributed by atoms with van der Waals surface area (Å²) >= 11 is 0. The largest absolute Gasteiger partial charge is 0.393 e. The summed E-state index contributed by atoms with van der Waals surface area (Å²) in [5.74, 6) is 21.4. The third-order valence-corrected chi connectivity index (χ3v) is 29.7. The Hall–Kier alpha value is -4.06. The molecule has 16 rings (SSSR count). The van der Waals surface area contributed by atoms with Crippen molar-refractivity contribution >= 4 is 23.1 Å². The molecule has 24 atom stereocenters. The number of aliphatic hydroxyl groups is 3. The Morgan fingerprint density at radius 1 is 0.412 bits per heavy atom. The molecule has 1 unspecified atom stereocenters. The van der Waals surface area contributed by atoms with Gasteiger partial charge in [-0.15, -0.1) is 25.2 Å². The molecule has 0 amide bonds. The average Bonchev–Trinajstić information content (AvgIpc) is 2.50. The van der Waals surface area contributed by atoms with E-state index in [0.29, 0.717) is 88.4 Å². The van der Waals surface area contributed by atoms with Gasteiger partial charge in [0.2, 0.25) is 0 Å². The molecule has 0 spiro atoms. The first kappa shape index (κ1) is 59.9. The predicted octanol–water partition coefficient (Wildman–Crippen LogP) is 14.6. The number of ketones is 4. The highest BCUT2D eigenvalue weighted by Crippen LogP contribution is 2.68. The minimum Gasteiger partial charge on any atom is -0.393 e. The first-order chi connectivity index (χ1) is 40.7. The van der Waals surface area contributed by atoms with E-state index >= 15 is 0 Å². The van der Waals surface area contributed by atoms with Crippen molar-refractivity contribution in [2.75, 3.05) is 0 Å². The number of aliphatic hydroxyl groups excluding tert-OH is 1. The van der Waals surface area contributed by atoms with Crippen LogP contribution in [0.1, 0.15) is 220 Å². The van der Waals surface area contributed by atoms with Crippen LogP contribution in [0.25, 0.3) is 0 Å². The van der Waals surface area contributed by atoms with E-state index in [0.717, 1.165) is 157 Å². The Morgan fingerprint density at radius 3 is 1.35 bits per heavy atom. The lowest BCUT2D eigenvalue weighted by Gasteiger charge is -2.54. The van der Waals surface area contributed by atoms with Gasteiger partial charge in [-0.2, -0.15) is 0 Å². The summed E-state index contributed by atoms with van der Waals surface area (Å²) < 4.78 is 0. The molecule has 0 aromatic heterocycles. The second-order valence-electron chi connectivity index (χ2n) is 32.4. The molecule has 85 heavy (non-hydrogen) atoms. The summed E-state index contributed by atoms with van der Waals surface area (Å²) in [7, 11) is 0. The van der Waals surface area contributed by atoms with Crippen molar-refractivity contribution in [3.05, 3.63) is 58.7 Å². The molecular weight excluding hydrogens is 1050 g/mol. The van der Waals surface area contributed by atoms with Crippen molar-refractivity contribution in [1.82, 2.24) is 0 Å². The van der Waals surface area contributed by atoms with E-state index in [-0.39, 0.29) is 28.1 Å². The van der Waals surface area contributed by atoms with Crippen LogP contribution in [0.4, 0.5) is 0 Å². The molecule has 0 aromatic rings. The Labute approximate surface area is 510 Å². The van der Waals surface area contributed by atoms with Gasteiger partial charge >= 0.3 is 0 Å². The van der Waals surface area contributed by atoms with Gasteiger partial charge in [-0.25, -0.2) is 0 Å². The molecule has 3 N–H and O–H groups in total. The summed E-state index contributed by atoms with van der Waals surface area (Å²) in [6.45, 7) is 9.24. The molecule has 11 saturated carbocycles. The van der Waals surface area contributed by atoms with Crippen LogP contribution in [0, 0.1) is 159 Å². The molecule has 0 aliphatic heterocycles. The second-order valence-corrected chi connectivity index (χ2v) is 32.4. The molecule has 0 aromatic carbocycles. The SMILES string of the molecule is C#CC1CC[C@@H]2[C@@H]3CCC4=CC(=O)CC[C@@H]4[C@@H]3CC[C@]12C.C#C[C@@]1(O)CC[C@@H]2[C@@H]3C=CC4=CC(=O)CC[C@@H]4[C@@H]3CC[C@@]21C.C#C[C@@]1(O)CC[C@@H]2[C@@H]3CCC4=CC(=O)CC[C@@H]4[C@@H]3CC[C@@]21C.C[C@]12CC[C@@H]3[C@@H](CCC4=CC(=O)CC[C@@H]43)[C@H]1CC[C@H]2O. The van der Waals surface area contributed by atoms with Gasteiger partial charge in [0.1, 0.15) is 11.2 Å². The summed E-state index contributed by atoms with van der Waals surface area (Å²) in [4.78, 5) is 46.7. The predicted molar refractivity (Wildman–Crippen MR) is 334 cm³/mol. The van der Waals surface area contributed by atoms with Crippen molar-refractivity contribution in [2.24, 2.45) is 122 Å². The minimum atomic E-state index is -0.935. The van der Waals surface area contributed by atoms with Gasteiger partial charge in [0.05, 0.1) is 6.10 Å². The number of carbonyl (C=O) groups excluding carboxylic acids is 4. The average molecular weight is 1150 g/mol. The van der Waals surface area contributed by atoms with Crippen LogP contribution in [0.5, 0.6) is 0 Å². The van der Waals surface area contributed by atoms with Crippen LogP contribution in [-0.4, -0.2) is 55.8 Å². The molecule has 456 valence electrons. The minimum absolute atomic E-state index is 0.0710. The molecule has 0 radical (unpaired) electrons. The molecule has 0 heterocycles. The highest BCUT2D eigenvalue weighted by atomic mass is 16.3. The van der Waals surface area contributed by atoms with Crippen molar-refractivity contribution in [3.63, 3.8) is 0 Å². The molecule has 7 nitrogen and oxygen atoms in total. The van der Waals surface area contributed by atoms with Gasteiger partial charge in [0.25, 0.3) is 0 Å². The quantitative estimate of drug-likeness (QED) is 0.206. The smallest absolute Gasteiger partial charge is 0.155 e. The molecule has 0 bridgehead atoms. The Morgan fingerprint density at radius 2 is 0.835 bits per heavy atom. The number of rotatable bonds is 0. The van der Waals surface area contributed by atoms with Gasteiger partial charge in [0.15, 0.2) is 23.1 Å². The number of terminal acetylenes is 3. The van der Waals surface area contributed by atoms with Gasteiger partial charge in [-0.1, -0.05) is 68.4 Å². The summed E-state index contributed by atoms with van der Waals surface area (Å²) in [6.07, 6.45) is 61.6. The fourth-order valence-electron chi connectivity index (χ4n) is 25.0. The van der Waals surface area contributed by atoms with Crippen LogP contribution >= 0.6 is 0 Å². The fourth-order valence-corrected chi connectivity index (χ4v) is 25.0. The topological polar surface area (TPSA) is 129 Å². The number of hydrogen-bond donors (Lipinski definition) is 3. The monoisotopic (exact) mass is 1150 g/mol. The third kappa shape index (κ3) is 9.68. The van der Waals surface area contributed by atoms with Crippen LogP contribution in [0.15, 0.2) is 58.7 Å². The number of fused-ring (bicyclic) bond motifs is 20. The van der Waals surface area contributed by atoms with Gasteiger partial charge < -0.3 is 15.3 Å². The maximum Gasteiger partial charge on any atom is 0.155 e. The molecule has 0 saturated heterocycles. The molecule has 16 aliphatic rings. The second kappa shape index (κ2) is 22.5.